The van der Waals surface area contributed by atoms with E-state index < -0.39 is 0 Å². The van der Waals surface area contributed by atoms with Gasteiger partial charge in [-0.3, -0.25) is 15.3 Å². The standard InChI is InChI=1S/C13H29N5O/c1-12(18-8-4-3-5-9-18)11-16-13(17-14)15-7-6-10-19-2/h12H,3-11,14H2,1-2H3,(H2,15,16,17). The first-order chi connectivity index (χ1) is 9.27. The molecule has 1 heterocycles. The zero-order valence-electron chi connectivity index (χ0n) is 12.3. The van der Waals surface area contributed by atoms with Gasteiger partial charge in [0, 0.05) is 26.3 Å². The van der Waals surface area contributed by atoms with Crippen LogP contribution in [0.1, 0.15) is 32.6 Å². The van der Waals surface area contributed by atoms with Crippen molar-refractivity contribution in [1.82, 2.24) is 15.6 Å². The molecule has 0 amide bonds. The number of guanidine groups is 1. The van der Waals surface area contributed by atoms with E-state index in [1.54, 1.807) is 7.11 Å². The van der Waals surface area contributed by atoms with E-state index in [0.717, 1.165) is 26.1 Å². The molecule has 1 fully saturated rings. The number of methoxy groups -OCH3 is 1. The van der Waals surface area contributed by atoms with E-state index >= 15 is 0 Å². The average molecular weight is 271 g/mol. The minimum Gasteiger partial charge on any atom is -0.385 e. The maximum absolute atomic E-state index is 5.46. The van der Waals surface area contributed by atoms with Crippen LogP contribution in [0, 0.1) is 0 Å². The summed E-state index contributed by atoms with van der Waals surface area (Å²) >= 11 is 0. The summed E-state index contributed by atoms with van der Waals surface area (Å²) in [6.07, 6.45) is 4.93. The Morgan fingerprint density at radius 2 is 2.11 bits per heavy atom. The molecule has 0 spiro atoms. The Labute approximate surface area is 116 Å². The lowest BCUT2D eigenvalue weighted by atomic mass is 10.1. The maximum Gasteiger partial charge on any atom is 0.205 e. The monoisotopic (exact) mass is 271 g/mol. The summed E-state index contributed by atoms with van der Waals surface area (Å²) in [6, 6.07) is 0.476. The van der Waals surface area contributed by atoms with Gasteiger partial charge in [-0.1, -0.05) is 6.42 Å². The van der Waals surface area contributed by atoms with Crippen molar-refractivity contribution < 1.29 is 4.74 Å². The minimum absolute atomic E-state index is 0.476. The van der Waals surface area contributed by atoms with Crippen molar-refractivity contribution in [2.45, 2.75) is 38.6 Å². The molecule has 1 saturated heterocycles. The molecule has 6 nitrogen and oxygen atoms in total. The Bertz CT molecular complexity index is 253. The predicted octanol–water partition coefficient (Wildman–Crippen LogP) is 0.306. The van der Waals surface area contributed by atoms with Crippen LogP contribution in [0.5, 0.6) is 0 Å². The van der Waals surface area contributed by atoms with Gasteiger partial charge in [-0.25, -0.2) is 5.84 Å². The molecular formula is C13H29N5O. The number of rotatable bonds is 7. The van der Waals surface area contributed by atoms with Crippen LogP contribution in [0.2, 0.25) is 0 Å². The zero-order valence-corrected chi connectivity index (χ0v) is 12.3. The molecule has 1 atom stereocenters. The normalized spacial score (nSPS) is 19.2. The molecule has 1 rings (SSSR count). The second-order valence-corrected chi connectivity index (χ2v) is 5.05. The predicted molar refractivity (Wildman–Crippen MR) is 79.0 cm³/mol. The van der Waals surface area contributed by atoms with Crippen molar-refractivity contribution in [2.24, 2.45) is 10.8 Å². The Hall–Kier alpha value is -0.850. The van der Waals surface area contributed by atoms with E-state index in [2.05, 4.69) is 27.6 Å². The van der Waals surface area contributed by atoms with Crippen molar-refractivity contribution >= 4 is 5.96 Å². The van der Waals surface area contributed by atoms with E-state index in [1.807, 2.05) is 0 Å². The summed E-state index contributed by atoms with van der Waals surface area (Å²) in [5.74, 6) is 6.13. The van der Waals surface area contributed by atoms with Crippen LogP contribution in [0.15, 0.2) is 4.99 Å². The number of hydrogen-bond donors (Lipinski definition) is 3. The third-order valence-electron chi connectivity index (χ3n) is 3.48. The Morgan fingerprint density at radius 1 is 1.37 bits per heavy atom. The molecule has 0 aromatic heterocycles. The molecule has 0 aromatic rings. The largest absolute Gasteiger partial charge is 0.385 e. The van der Waals surface area contributed by atoms with Gasteiger partial charge in [0.05, 0.1) is 6.54 Å². The fourth-order valence-electron chi connectivity index (χ4n) is 2.27. The number of aliphatic imine (C=N–C) groups is 1. The van der Waals surface area contributed by atoms with Crippen LogP contribution >= 0.6 is 0 Å². The molecule has 4 N–H and O–H groups in total. The van der Waals surface area contributed by atoms with Gasteiger partial charge in [0.25, 0.3) is 0 Å². The molecule has 1 aliphatic heterocycles. The van der Waals surface area contributed by atoms with Gasteiger partial charge < -0.3 is 10.1 Å². The average Bonchev–Trinajstić information content (AvgIpc) is 2.47. The Morgan fingerprint density at radius 3 is 2.74 bits per heavy atom. The highest BCUT2D eigenvalue weighted by molar-refractivity contribution is 5.79. The fraction of sp³-hybridized carbons (Fsp3) is 0.923. The molecule has 6 heteroatoms. The van der Waals surface area contributed by atoms with Crippen LogP contribution in [-0.2, 0) is 4.74 Å². The first kappa shape index (κ1) is 16.2. The highest BCUT2D eigenvalue weighted by Crippen LogP contribution is 2.11. The van der Waals surface area contributed by atoms with E-state index in [-0.39, 0.29) is 0 Å². The van der Waals surface area contributed by atoms with E-state index in [4.69, 9.17) is 10.6 Å². The fourth-order valence-corrected chi connectivity index (χ4v) is 2.27. The third-order valence-corrected chi connectivity index (χ3v) is 3.48. The van der Waals surface area contributed by atoms with Crippen molar-refractivity contribution in [3.05, 3.63) is 0 Å². The third kappa shape index (κ3) is 6.75. The Balaban J connectivity index is 2.25. The second-order valence-electron chi connectivity index (χ2n) is 5.05. The van der Waals surface area contributed by atoms with Crippen molar-refractivity contribution in [3.8, 4) is 0 Å². The van der Waals surface area contributed by atoms with E-state index in [0.29, 0.717) is 12.0 Å². The number of piperidine rings is 1. The highest BCUT2D eigenvalue weighted by atomic mass is 16.5. The minimum atomic E-state index is 0.476. The number of likely N-dealkylation sites (tertiary alicyclic amines) is 1. The van der Waals surface area contributed by atoms with Gasteiger partial charge >= 0.3 is 0 Å². The van der Waals surface area contributed by atoms with Gasteiger partial charge in [0.1, 0.15) is 0 Å². The summed E-state index contributed by atoms with van der Waals surface area (Å²) < 4.78 is 5.00. The molecule has 0 aromatic carbocycles. The van der Waals surface area contributed by atoms with Gasteiger partial charge in [-0.15, -0.1) is 0 Å². The van der Waals surface area contributed by atoms with Crippen LogP contribution in [-0.4, -0.2) is 56.8 Å². The van der Waals surface area contributed by atoms with Gasteiger partial charge in [-0.2, -0.15) is 0 Å². The molecule has 0 bridgehead atoms. The molecule has 0 radical (unpaired) electrons. The summed E-state index contributed by atoms with van der Waals surface area (Å²) in [5, 5.41) is 3.18. The number of nitrogens with two attached hydrogens (primary N) is 1. The second kappa shape index (κ2) is 10.00. The molecule has 1 aliphatic rings. The van der Waals surface area contributed by atoms with Gasteiger partial charge in [-0.05, 0) is 39.3 Å². The molecule has 19 heavy (non-hydrogen) atoms. The van der Waals surface area contributed by atoms with Crippen LogP contribution in [0.3, 0.4) is 0 Å². The van der Waals surface area contributed by atoms with E-state index in [9.17, 15) is 0 Å². The summed E-state index contributed by atoms with van der Waals surface area (Å²) in [6.45, 7) is 6.96. The number of ether oxygens (including phenoxy) is 1. The first-order valence-electron chi connectivity index (χ1n) is 7.26. The Kier molecular flexibility index (Phi) is 8.53. The SMILES string of the molecule is COCCCNC(=NCC(C)N1CCCCC1)NN. The molecular weight excluding hydrogens is 242 g/mol. The zero-order chi connectivity index (χ0) is 13.9. The number of hydrazine groups is 1. The van der Waals surface area contributed by atoms with Crippen molar-refractivity contribution in [3.63, 3.8) is 0 Å². The lowest BCUT2D eigenvalue weighted by Crippen LogP contribution is -2.44. The van der Waals surface area contributed by atoms with Gasteiger partial charge in [0.2, 0.25) is 5.96 Å². The highest BCUT2D eigenvalue weighted by Gasteiger charge is 2.16. The molecule has 0 aliphatic carbocycles. The lowest BCUT2D eigenvalue weighted by Gasteiger charge is -2.31. The molecule has 0 saturated carbocycles. The number of hydrogen-bond acceptors (Lipinski definition) is 4. The van der Waals surface area contributed by atoms with Crippen LogP contribution < -0.4 is 16.6 Å². The van der Waals surface area contributed by atoms with Crippen molar-refractivity contribution in [1.29, 1.82) is 0 Å². The van der Waals surface area contributed by atoms with Gasteiger partial charge in [0.15, 0.2) is 0 Å². The quantitative estimate of drug-likeness (QED) is 0.204. The number of nitrogens with zero attached hydrogens (tertiary/aromatic N) is 2. The van der Waals surface area contributed by atoms with E-state index in [1.165, 1.54) is 32.4 Å². The smallest absolute Gasteiger partial charge is 0.205 e. The van der Waals surface area contributed by atoms with Crippen molar-refractivity contribution in [2.75, 3.05) is 39.9 Å². The number of nitrogens with one attached hydrogen (secondary N) is 2. The molecule has 112 valence electrons. The topological polar surface area (TPSA) is 74.9 Å². The summed E-state index contributed by atoms with van der Waals surface area (Å²) in [5.41, 5.74) is 2.62. The van der Waals surface area contributed by atoms with Crippen LogP contribution in [0.4, 0.5) is 0 Å². The lowest BCUT2D eigenvalue weighted by molar-refractivity contribution is 0.178. The maximum atomic E-state index is 5.46. The summed E-state index contributed by atoms with van der Waals surface area (Å²) in [7, 11) is 1.70. The van der Waals surface area contributed by atoms with Crippen LogP contribution in [0.25, 0.3) is 0 Å². The first-order valence-corrected chi connectivity index (χ1v) is 7.26. The molecule has 1 unspecified atom stereocenters. The summed E-state index contributed by atoms with van der Waals surface area (Å²) in [4.78, 5) is 7.01.